The number of ether oxygens (including phenoxy) is 2. The molecule has 9 heteroatoms. The molecule has 0 amide bonds. The van der Waals surface area contributed by atoms with Crippen molar-refractivity contribution in [3.8, 4) is 11.5 Å². The van der Waals surface area contributed by atoms with Gasteiger partial charge in [-0.2, -0.15) is 13.2 Å². The summed E-state index contributed by atoms with van der Waals surface area (Å²) in [6.45, 7) is 4.84. The Bertz CT molecular complexity index is 513. The van der Waals surface area contributed by atoms with Crippen LogP contribution in [-0.4, -0.2) is 51.0 Å². The van der Waals surface area contributed by atoms with Gasteiger partial charge in [0.1, 0.15) is 0 Å². The van der Waals surface area contributed by atoms with Crippen LogP contribution in [0.15, 0.2) is 18.2 Å². The fourth-order valence-electron chi connectivity index (χ4n) is 2.84. The molecule has 1 aromatic rings. The topological polar surface area (TPSA) is 33.7 Å². The maximum atomic E-state index is 13.0. The van der Waals surface area contributed by atoms with Crippen LogP contribution in [0.4, 0.5) is 13.2 Å². The van der Waals surface area contributed by atoms with Crippen molar-refractivity contribution in [1.82, 2.24) is 10.2 Å². The third kappa shape index (κ3) is 7.09. The fraction of sp³-hybridized carbons (Fsp3) is 0.625. The highest BCUT2D eigenvalue weighted by atomic mass is 35.5. The molecule has 0 spiro atoms. The lowest BCUT2D eigenvalue weighted by atomic mass is 10.00. The molecule has 0 aliphatic carbocycles. The molecule has 1 aliphatic rings. The largest absolute Gasteiger partial charge is 0.493 e. The second kappa shape index (κ2) is 11.0. The van der Waals surface area contributed by atoms with E-state index in [-0.39, 0.29) is 24.8 Å². The van der Waals surface area contributed by atoms with E-state index in [4.69, 9.17) is 9.47 Å². The van der Waals surface area contributed by atoms with Gasteiger partial charge in [-0.1, -0.05) is 6.07 Å². The van der Waals surface area contributed by atoms with Crippen LogP contribution in [0.25, 0.3) is 0 Å². The van der Waals surface area contributed by atoms with Crippen molar-refractivity contribution in [2.24, 2.45) is 0 Å². The van der Waals surface area contributed by atoms with E-state index in [2.05, 4.69) is 5.32 Å². The lowest BCUT2D eigenvalue weighted by Crippen LogP contribution is -2.46. The summed E-state index contributed by atoms with van der Waals surface area (Å²) in [6.07, 6.45) is -5.09. The lowest BCUT2D eigenvalue weighted by Gasteiger charge is -2.35. The van der Waals surface area contributed by atoms with E-state index in [0.29, 0.717) is 49.8 Å². The molecule has 4 nitrogen and oxygen atoms in total. The van der Waals surface area contributed by atoms with Gasteiger partial charge >= 0.3 is 6.18 Å². The number of alkyl halides is 3. The van der Waals surface area contributed by atoms with E-state index < -0.39 is 18.6 Å². The van der Waals surface area contributed by atoms with Crippen molar-refractivity contribution >= 4 is 24.8 Å². The van der Waals surface area contributed by atoms with Crippen molar-refractivity contribution < 1.29 is 22.6 Å². The van der Waals surface area contributed by atoms with Crippen LogP contribution in [0.1, 0.15) is 24.9 Å². The number of hydrogen-bond donors (Lipinski definition) is 1. The van der Waals surface area contributed by atoms with Gasteiger partial charge in [-0.3, -0.25) is 4.90 Å². The Morgan fingerprint density at radius 1 is 1.16 bits per heavy atom. The van der Waals surface area contributed by atoms with Crippen LogP contribution in [0.3, 0.4) is 0 Å². The molecule has 25 heavy (non-hydrogen) atoms. The van der Waals surface area contributed by atoms with Gasteiger partial charge in [-0.05, 0) is 24.6 Å². The molecular weight excluding hydrogens is 380 g/mol. The van der Waals surface area contributed by atoms with E-state index in [9.17, 15) is 13.2 Å². The number of benzene rings is 1. The van der Waals surface area contributed by atoms with Gasteiger partial charge in [0.05, 0.1) is 20.1 Å². The third-order valence-corrected chi connectivity index (χ3v) is 3.89. The summed E-state index contributed by atoms with van der Waals surface area (Å²) in [5, 5.41) is 3.17. The first-order valence-electron chi connectivity index (χ1n) is 7.77. The monoisotopic (exact) mass is 404 g/mol. The lowest BCUT2D eigenvalue weighted by molar-refractivity contribution is -0.148. The van der Waals surface area contributed by atoms with Crippen LogP contribution in [0.5, 0.6) is 11.5 Å². The molecule has 0 saturated carbocycles. The number of halogens is 5. The van der Waals surface area contributed by atoms with Crippen molar-refractivity contribution in [2.75, 3.05) is 39.9 Å². The normalized spacial score (nSPS) is 16.4. The highest BCUT2D eigenvalue weighted by molar-refractivity contribution is 5.85. The number of nitrogens with one attached hydrogen (secondary N) is 1. The van der Waals surface area contributed by atoms with E-state index in [1.165, 1.54) is 7.11 Å². The molecule has 1 heterocycles. The Balaban J connectivity index is 0.00000288. The predicted molar refractivity (Wildman–Crippen MR) is 96.5 cm³/mol. The molecular formula is C16H25Cl2F3N2O2. The van der Waals surface area contributed by atoms with Crippen molar-refractivity contribution in [3.63, 3.8) is 0 Å². The molecule has 1 aliphatic heterocycles. The highest BCUT2D eigenvalue weighted by Gasteiger charge is 2.36. The fourth-order valence-corrected chi connectivity index (χ4v) is 2.84. The predicted octanol–water partition coefficient (Wildman–Crippen LogP) is 3.84. The molecule has 146 valence electrons. The average Bonchev–Trinajstić information content (AvgIpc) is 2.53. The quantitative estimate of drug-likeness (QED) is 0.780. The summed E-state index contributed by atoms with van der Waals surface area (Å²) in [5.41, 5.74) is 0.605. The van der Waals surface area contributed by atoms with Crippen LogP contribution < -0.4 is 14.8 Å². The van der Waals surface area contributed by atoms with E-state index >= 15 is 0 Å². The van der Waals surface area contributed by atoms with Crippen molar-refractivity contribution in [3.05, 3.63) is 23.8 Å². The smallest absolute Gasteiger partial charge is 0.390 e. The number of methoxy groups -OCH3 is 1. The number of hydrogen-bond acceptors (Lipinski definition) is 4. The van der Waals surface area contributed by atoms with Gasteiger partial charge in [0.2, 0.25) is 0 Å². The van der Waals surface area contributed by atoms with Crippen LogP contribution >= 0.6 is 24.8 Å². The molecule has 0 aromatic heterocycles. The van der Waals surface area contributed by atoms with Gasteiger partial charge < -0.3 is 14.8 Å². The Hall–Kier alpha value is -0.890. The molecule has 0 bridgehead atoms. The van der Waals surface area contributed by atoms with Gasteiger partial charge in [0, 0.05) is 32.2 Å². The van der Waals surface area contributed by atoms with Gasteiger partial charge in [0.15, 0.2) is 11.5 Å². The average molecular weight is 405 g/mol. The Morgan fingerprint density at radius 2 is 1.80 bits per heavy atom. The van der Waals surface area contributed by atoms with Gasteiger partial charge in [-0.15, -0.1) is 24.8 Å². The molecule has 1 saturated heterocycles. The first kappa shape index (κ1) is 24.1. The SMILES string of the molecule is CCOc1cc([C@H](CC(F)(F)F)N2CCNCC2)ccc1OC.Cl.Cl. The van der Waals surface area contributed by atoms with Crippen LogP contribution in [0, 0.1) is 0 Å². The standard InChI is InChI=1S/C16H23F3N2O2.2ClH/c1-3-23-15-10-12(4-5-14(15)22-2)13(11-16(17,18)19)21-8-6-20-7-9-21;;/h4-5,10,13,20H,3,6-9,11H2,1-2H3;2*1H/t13-;;/m0../s1. The molecule has 1 atom stereocenters. The Morgan fingerprint density at radius 3 is 2.32 bits per heavy atom. The minimum atomic E-state index is -4.22. The third-order valence-electron chi connectivity index (χ3n) is 3.89. The van der Waals surface area contributed by atoms with Crippen LogP contribution in [-0.2, 0) is 0 Å². The summed E-state index contributed by atoms with van der Waals surface area (Å²) in [7, 11) is 1.51. The number of nitrogens with zero attached hydrogens (tertiary/aromatic N) is 1. The molecule has 0 radical (unpaired) electrons. The zero-order chi connectivity index (χ0) is 16.9. The van der Waals surface area contributed by atoms with Crippen molar-refractivity contribution in [1.29, 1.82) is 0 Å². The van der Waals surface area contributed by atoms with E-state index in [1.54, 1.807) is 18.2 Å². The van der Waals surface area contributed by atoms with E-state index in [1.807, 2.05) is 11.8 Å². The molecule has 0 unspecified atom stereocenters. The Labute approximate surface area is 158 Å². The first-order chi connectivity index (χ1) is 10.9. The summed E-state index contributed by atoms with van der Waals surface area (Å²) in [6, 6.07) is 4.33. The number of rotatable bonds is 6. The maximum Gasteiger partial charge on any atom is 0.390 e. The second-order valence-corrected chi connectivity index (χ2v) is 5.46. The molecule has 1 N–H and O–H groups in total. The van der Waals surface area contributed by atoms with Gasteiger partial charge in [0.25, 0.3) is 0 Å². The number of piperazine rings is 1. The molecule has 1 aromatic carbocycles. The highest BCUT2D eigenvalue weighted by Crippen LogP contribution is 2.37. The minimum absolute atomic E-state index is 0. The zero-order valence-corrected chi connectivity index (χ0v) is 15.9. The summed E-state index contributed by atoms with van der Waals surface area (Å²) in [4.78, 5) is 1.88. The van der Waals surface area contributed by atoms with Crippen molar-refractivity contribution in [2.45, 2.75) is 25.6 Å². The Kier molecular flexibility index (Phi) is 10.6. The maximum absolute atomic E-state index is 13.0. The second-order valence-electron chi connectivity index (χ2n) is 5.46. The zero-order valence-electron chi connectivity index (χ0n) is 14.3. The summed E-state index contributed by atoms with van der Waals surface area (Å²) < 4.78 is 49.8. The van der Waals surface area contributed by atoms with Gasteiger partial charge in [-0.25, -0.2) is 0 Å². The van der Waals surface area contributed by atoms with E-state index in [0.717, 1.165) is 0 Å². The summed E-state index contributed by atoms with van der Waals surface area (Å²) >= 11 is 0. The first-order valence-corrected chi connectivity index (χ1v) is 7.77. The van der Waals surface area contributed by atoms with Crippen LogP contribution in [0.2, 0.25) is 0 Å². The minimum Gasteiger partial charge on any atom is -0.493 e. The molecule has 2 rings (SSSR count). The molecule has 1 fully saturated rings. The summed E-state index contributed by atoms with van der Waals surface area (Å²) in [5.74, 6) is 1.01.